The van der Waals surface area contributed by atoms with Crippen molar-refractivity contribution in [2.45, 2.75) is 6.18 Å². The van der Waals surface area contributed by atoms with E-state index in [0.29, 0.717) is 37.7 Å². The number of aromatic nitrogens is 1. The molecule has 1 aliphatic heterocycles. The number of quaternary nitrogens is 1. The minimum Gasteiger partial charge on any atom is -0.369 e. The summed E-state index contributed by atoms with van der Waals surface area (Å²) in [5.41, 5.74) is 5.12. The summed E-state index contributed by atoms with van der Waals surface area (Å²) < 4.78 is 39.8. The van der Waals surface area contributed by atoms with E-state index in [9.17, 15) is 18.0 Å². The third-order valence-corrected chi connectivity index (χ3v) is 4.73. The van der Waals surface area contributed by atoms with E-state index < -0.39 is 17.6 Å². The molecule has 0 bridgehead atoms. The first-order valence-corrected chi connectivity index (χ1v) is 8.28. The van der Waals surface area contributed by atoms with Crippen molar-refractivity contribution in [3.8, 4) is 0 Å². The van der Waals surface area contributed by atoms with Gasteiger partial charge < -0.3 is 5.73 Å². The molecule has 5 nitrogen and oxygen atoms in total. The van der Waals surface area contributed by atoms with Crippen LogP contribution < -0.4 is 10.2 Å². The van der Waals surface area contributed by atoms with Gasteiger partial charge in [-0.05, 0) is 18.2 Å². The monoisotopic (exact) mass is 365 g/mol. The Kier molecular flexibility index (Phi) is 4.97. The van der Waals surface area contributed by atoms with Crippen LogP contribution in [0.1, 0.15) is 5.56 Å². The largest absolute Gasteiger partial charge is 0.416 e. The number of carbonyl (C=O) groups excluding carboxylic acids is 1. The summed E-state index contributed by atoms with van der Waals surface area (Å²) in [4.78, 5) is 17.5. The van der Waals surface area contributed by atoms with Gasteiger partial charge in [0.15, 0.2) is 0 Å². The predicted octanol–water partition coefficient (Wildman–Crippen LogP) is 2.54. The highest BCUT2D eigenvalue weighted by Gasteiger charge is 2.40. The van der Waals surface area contributed by atoms with E-state index in [1.165, 1.54) is 12.1 Å². The zero-order chi connectivity index (χ0) is 18.8. The Hall–Kier alpha value is -2.45. The van der Waals surface area contributed by atoms with Crippen LogP contribution in [-0.2, 0) is 11.0 Å². The summed E-state index contributed by atoms with van der Waals surface area (Å²) in [6.45, 7) is 2.23. The third-order valence-electron chi connectivity index (χ3n) is 4.73. The number of alkyl halides is 3. The predicted molar refractivity (Wildman–Crippen MR) is 92.5 cm³/mol. The maximum absolute atomic E-state index is 13.2. The summed E-state index contributed by atoms with van der Waals surface area (Å²) in [5, 5.41) is 0. The molecule has 0 radical (unpaired) electrons. The molecule has 0 aliphatic carbocycles. The molecule has 3 rings (SSSR count). The number of carbonyl (C=O) groups is 1. The normalized spacial score (nSPS) is 17.8. The highest BCUT2D eigenvalue weighted by Crippen LogP contribution is 2.38. The number of primary amides is 1. The number of pyridine rings is 1. The molecule has 8 heteroatoms. The Labute approximate surface area is 149 Å². The van der Waals surface area contributed by atoms with Gasteiger partial charge in [0.05, 0.1) is 12.1 Å². The second-order valence-electron chi connectivity index (χ2n) is 6.39. The summed E-state index contributed by atoms with van der Waals surface area (Å²) in [6.07, 6.45) is -2.77. The molecular formula is C18H20F3N4O+. The van der Waals surface area contributed by atoms with E-state index in [4.69, 9.17) is 5.73 Å². The smallest absolute Gasteiger partial charge is 0.369 e. The van der Waals surface area contributed by atoms with Crippen LogP contribution in [0.4, 0.5) is 24.7 Å². The maximum Gasteiger partial charge on any atom is 0.416 e. The molecule has 2 aromatic rings. The van der Waals surface area contributed by atoms with Gasteiger partial charge in [-0.15, -0.1) is 0 Å². The fourth-order valence-electron chi connectivity index (χ4n) is 3.40. The highest BCUT2D eigenvalue weighted by molar-refractivity contribution is 5.76. The summed E-state index contributed by atoms with van der Waals surface area (Å²) >= 11 is 0. The maximum atomic E-state index is 13.2. The zero-order valence-corrected chi connectivity index (χ0v) is 14.1. The van der Waals surface area contributed by atoms with Crippen molar-refractivity contribution in [1.29, 1.82) is 0 Å². The van der Waals surface area contributed by atoms with Crippen LogP contribution in [0.2, 0.25) is 0 Å². The van der Waals surface area contributed by atoms with Crippen LogP contribution in [0.3, 0.4) is 0 Å². The third kappa shape index (κ3) is 3.71. The Morgan fingerprint density at radius 3 is 2.46 bits per heavy atom. The lowest BCUT2D eigenvalue weighted by Gasteiger charge is -2.43. The number of piperazine rings is 1. The average Bonchev–Trinajstić information content (AvgIpc) is 2.62. The zero-order valence-electron chi connectivity index (χ0n) is 14.1. The lowest BCUT2D eigenvalue weighted by Crippen LogP contribution is -2.59. The van der Waals surface area contributed by atoms with Crippen LogP contribution in [0.5, 0.6) is 0 Å². The molecule has 1 saturated heterocycles. The molecule has 0 saturated carbocycles. The Balaban J connectivity index is 2.00. The molecule has 2 N–H and O–H groups in total. The molecule has 1 aliphatic rings. The van der Waals surface area contributed by atoms with Gasteiger partial charge in [0, 0.05) is 31.4 Å². The fourth-order valence-corrected chi connectivity index (χ4v) is 3.40. The van der Waals surface area contributed by atoms with Crippen LogP contribution in [-0.4, -0.2) is 48.5 Å². The molecular weight excluding hydrogens is 345 g/mol. The van der Waals surface area contributed by atoms with E-state index in [1.807, 2.05) is 17.0 Å². The molecule has 1 amide bonds. The molecule has 0 spiro atoms. The molecule has 1 aromatic heterocycles. The van der Waals surface area contributed by atoms with Crippen molar-refractivity contribution in [1.82, 2.24) is 14.4 Å². The molecule has 2 heterocycles. The van der Waals surface area contributed by atoms with Gasteiger partial charge in [0.1, 0.15) is 18.8 Å². The van der Waals surface area contributed by atoms with Crippen molar-refractivity contribution in [2.24, 2.45) is 5.73 Å². The number of hydrogen-bond donors (Lipinski definition) is 1. The number of rotatable bonds is 4. The molecule has 1 fully saturated rings. The van der Waals surface area contributed by atoms with Gasteiger partial charge in [0.2, 0.25) is 11.7 Å². The standard InChI is InChI=1S/C18H19F3N4O/c19-18(20,21)14-4-3-5-15(12-14)25(17-6-1-2-7-23-17)10-8-24(9-11-25)13-16(22)26/h1-7,12H,8-11,13H2,(H-,22,26)/p+1. The van der Waals surface area contributed by atoms with Crippen LogP contribution >= 0.6 is 0 Å². The number of amides is 1. The lowest BCUT2D eigenvalue weighted by atomic mass is 10.1. The Bertz CT molecular complexity index is 772. The van der Waals surface area contributed by atoms with E-state index >= 15 is 0 Å². The highest BCUT2D eigenvalue weighted by atomic mass is 19.4. The second-order valence-corrected chi connectivity index (χ2v) is 6.39. The number of nitrogens with two attached hydrogens (primary N) is 1. The van der Waals surface area contributed by atoms with E-state index in [-0.39, 0.29) is 11.0 Å². The number of halogens is 3. The van der Waals surface area contributed by atoms with E-state index in [2.05, 4.69) is 4.98 Å². The SMILES string of the molecule is NC(=O)CN1CC[N+](c2cccc(C(F)(F)F)c2)(c2ccccn2)CC1. The van der Waals surface area contributed by atoms with Gasteiger partial charge in [-0.2, -0.15) is 13.2 Å². The van der Waals surface area contributed by atoms with Crippen molar-refractivity contribution in [3.05, 3.63) is 54.2 Å². The molecule has 1 aromatic carbocycles. The molecule has 26 heavy (non-hydrogen) atoms. The van der Waals surface area contributed by atoms with Crippen LogP contribution in [0.15, 0.2) is 48.7 Å². The first kappa shape index (κ1) is 18.3. The van der Waals surface area contributed by atoms with Crippen molar-refractivity contribution >= 4 is 17.4 Å². The fraction of sp³-hybridized carbons (Fsp3) is 0.333. The van der Waals surface area contributed by atoms with Gasteiger partial charge in [0.25, 0.3) is 0 Å². The first-order valence-electron chi connectivity index (χ1n) is 8.28. The van der Waals surface area contributed by atoms with Gasteiger partial charge in [-0.1, -0.05) is 12.1 Å². The first-order chi connectivity index (χ1) is 12.3. The molecule has 0 unspecified atom stereocenters. The van der Waals surface area contributed by atoms with Crippen molar-refractivity contribution in [2.75, 3.05) is 32.7 Å². The second kappa shape index (κ2) is 7.05. The van der Waals surface area contributed by atoms with E-state index in [1.54, 1.807) is 18.3 Å². The number of nitrogens with zero attached hydrogens (tertiary/aromatic N) is 3. The average molecular weight is 365 g/mol. The quantitative estimate of drug-likeness (QED) is 0.847. The van der Waals surface area contributed by atoms with E-state index in [0.717, 1.165) is 6.07 Å². The minimum absolute atomic E-state index is 0.144. The van der Waals surface area contributed by atoms with Crippen LogP contribution in [0.25, 0.3) is 0 Å². The van der Waals surface area contributed by atoms with Crippen LogP contribution in [0, 0.1) is 0 Å². The summed E-state index contributed by atoms with van der Waals surface area (Å²) in [5.74, 6) is 0.271. The molecule has 138 valence electrons. The lowest BCUT2D eigenvalue weighted by molar-refractivity contribution is -0.137. The topological polar surface area (TPSA) is 59.2 Å². The van der Waals surface area contributed by atoms with Crippen molar-refractivity contribution < 1.29 is 18.0 Å². The summed E-state index contributed by atoms with van der Waals surface area (Å²) in [7, 11) is 0. The Morgan fingerprint density at radius 2 is 1.88 bits per heavy atom. The number of benzene rings is 1. The Morgan fingerprint density at radius 1 is 1.15 bits per heavy atom. The van der Waals surface area contributed by atoms with Gasteiger partial charge in [-0.25, -0.2) is 9.47 Å². The molecule has 0 atom stereocenters. The number of hydrogen-bond acceptors (Lipinski definition) is 3. The van der Waals surface area contributed by atoms with Crippen molar-refractivity contribution in [3.63, 3.8) is 0 Å². The van der Waals surface area contributed by atoms with Gasteiger partial charge >= 0.3 is 6.18 Å². The van der Waals surface area contributed by atoms with Gasteiger partial charge in [-0.3, -0.25) is 9.69 Å². The minimum atomic E-state index is -4.40. The summed E-state index contributed by atoms with van der Waals surface area (Å²) in [6, 6.07) is 10.8.